The van der Waals surface area contributed by atoms with Crippen LogP contribution >= 0.6 is 0 Å². The maximum Gasteiger partial charge on any atom is 0.272 e. The van der Waals surface area contributed by atoms with Crippen LogP contribution in [0.15, 0.2) is 83.5 Å². The zero-order valence-corrected chi connectivity index (χ0v) is 15.7. The number of hydrogen-bond donors (Lipinski definition) is 1. The quantitative estimate of drug-likeness (QED) is 0.403. The number of carbonyl (C=O) groups is 1. The van der Waals surface area contributed by atoms with Crippen LogP contribution in [0.3, 0.4) is 0 Å². The van der Waals surface area contributed by atoms with Gasteiger partial charge in [-0.3, -0.25) is 4.79 Å². The summed E-state index contributed by atoms with van der Waals surface area (Å²) in [6.45, 7) is 0.274. The third-order valence-corrected chi connectivity index (χ3v) is 5.04. The van der Waals surface area contributed by atoms with Crippen molar-refractivity contribution in [1.29, 1.82) is 0 Å². The van der Waals surface area contributed by atoms with Crippen LogP contribution in [-0.4, -0.2) is 10.5 Å². The molecule has 0 aliphatic carbocycles. The van der Waals surface area contributed by atoms with Gasteiger partial charge in [0, 0.05) is 28.5 Å². The SMILES string of the molecule is O=C(Nc1ccc2occc2c1)c1cc2cc(F)ccc2n1Cc1cccc(F)c1. The smallest absolute Gasteiger partial charge is 0.272 e. The van der Waals surface area contributed by atoms with Crippen molar-refractivity contribution in [3.63, 3.8) is 0 Å². The van der Waals surface area contributed by atoms with Crippen molar-refractivity contribution in [2.45, 2.75) is 6.54 Å². The van der Waals surface area contributed by atoms with Gasteiger partial charge in [0.2, 0.25) is 0 Å². The van der Waals surface area contributed by atoms with Crippen LogP contribution in [0.2, 0.25) is 0 Å². The van der Waals surface area contributed by atoms with Gasteiger partial charge in [-0.2, -0.15) is 0 Å². The fourth-order valence-electron chi connectivity index (χ4n) is 3.66. The van der Waals surface area contributed by atoms with E-state index >= 15 is 0 Å². The first-order valence-electron chi connectivity index (χ1n) is 9.39. The lowest BCUT2D eigenvalue weighted by atomic mass is 10.2. The molecule has 0 saturated heterocycles. The highest BCUT2D eigenvalue weighted by Gasteiger charge is 2.17. The van der Waals surface area contributed by atoms with E-state index in [1.807, 2.05) is 12.1 Å². The summed E-state index contributed by atoms with van der Waals surface area (Å²) in [6, 6.07) is 19.3. The van der Waals surface area contributed by atoms with Gasteiger partial charge in [0.05, 0.1) is 6.26 Å². The fraction of sp³-hybridized carbons (Fsp3) is 0.0417. The molecule has 0 fully saturated rings. The molecule has 0 atom stereocenters. The van der Waals surface area contributed by atoms with E-state index in [9.17, 15) is 13.6 Å². The highest BCUT2D eigenvalue weighted by atomic mass is 19.1. The van der Waals surface area contributed by atoms with Crippen LogP contribution in [0.1, 0.15) is 16.1 Å². The molecule has 0 aliphatic heterocycles. The Bertz CT molecular complexity index is 1400. The zero-order chi connectivity index (χ0) is 20.7. The lowest BCUT2D eigenvalue weighted by Crippen LogP contribution is -2.17. The van der Waals surface area contributed by atoms with Crippen molar-refractivity contribution in [3.05, 3.63) is 102 Å². The number of rotatable bonds is 4. The van der Waals surface area contributed by atoms with E-state index in [4.69, 9.17) is 4.42 Å². The molecular weight excluding hydrogens is 386 g/mol. The number of furan rings is 1. The van der Waals surface area contributed by atoms with Crippen molar-refractivity contribution in [2.24, 2.45) is 0 Å². The first-order chi connectivity index (χ1) is 14.6. The molecular formula is C24H16F2N2O2. The minimum atomic E-state index is -0.386. The van der Waals surface area contributed by atoms with Gasteiger partial charge in [-0.25, -0.2) is 8.78 Å². The van der Waals surface area contributed by atoms with Gasteiger partial charge in [0.1, 0.15) is 22.9 Å². The van der Waals surface area contributed by atoms with Gasteiger partial charge in [-0.15, -0.1) is 0 Å². The second kappa shape index (κ2) is 7.15. The van der Waals surface area contributed by atoms with Crippen molar-refractivity contribution < 1.29 is 18.0 Å². The number of nitrogens with one attached hydrogen (secondary N) is 1. The number of amides is 1. The highest BCUT2D eigenvalue weighted by molar-refractivity contribution is 6.07. The Morgan fingerprint density at radius 3 is 2.63 bits per heavy atom. The van der Waals surface area contributed by atoms with Gasteiger partial charge in [-0.1, -0.05) is 12.1 Å². The largest absolute Gasteiger partial charge is 0.464 e. The molecule has 6 heteroatoms. The number of carbonyl (C=O) groups excluding carboxylic acids is 1. The third kappa shape index (κ3) is 3.33. The maximum atomic E-state index is 13.8. The number of nitrogens with zero attached hydrogens (tertiary/aromatic N) is 1. The van der Waals surface area contributed by atoms with E-state index < -0.39 is 0 Å². The van der Waals surface area contributed by atoms with E-state index in [1.165, 1.54) is 24.3 Å². The lowest BCUT2D eigenvalue weighted by molar-refractivity contribution is 0.101. The fourth-order valence-corrected chi connectivity index (χ4v) is 3.66. The molecule has 0 unspecified atom stereocenters. The average Bonchev–Trinajstić information content (AvgIpc) is 3.32. The zero-order valence-electron chi connectivity index (χ0n) is 15.7. The average molecular weight is 402 g/mol. The number of benzene rings is 3. The first-order valence-corrected chi connectivity index (χ1v) is 9.39. The van der Waals surface area contributed by atoms with E-state index in [2.05, 4.69) is 5.32 Å². The summed E-state index contributed by atoms with van der Waals surface area (Å²) >= 11 is 0. The normalized spacial score (nSPS) is 11.3. The molecule has 2 aromatic heterocycles. The molecule has 4 nitrogen and oxygen atoms in total. The predicted molar refractivity (Wildman–Crippen MR) is 112 cm³/mol. The Hall–Kier alpha value is -3.93. The monoisotopic (exact) mass is 402 g/mol. The number of halogens is 2. The Morgan fingerprint density at radius 1 is 0.900 bits per heavy atom. The Balaban J connectivity index is 1.55. The molecule has 30 heavy (non-hydrogen) atoms. The summed E-state index contributed by atoms with van der Waals surface area (Å²) in [7, 11) is 0. The van der Waals surface area contributed by atoms with Crippen molar-refractivity contribution in [3.8, 4) is 0 Å². The molecule has 0 saturated carbocycles. The first kappa shape index (κ1) is 18.1. The van der Waals surface area contributed by atoms with E-state index in [0.29, 0.717) is 27.8 Å². The summed E-state index contributed by atoms with van der Waals surface area (Å²) in [5, 5.41) is 4.35. The second-order valence-corrected chi connectivity index (χ2v) is 7.08. The molecule has 3 aromatic carbocycles. The Labute approximate surface area is 170 Å². The van der Waals surface area contributed by atoms with Gasteiger partial charge >= 0.3 is 0 Å². The summed E-state index contributed by atoms with van der Waals surface area (Å²) in [5.41, 5.74) is 3.08. The van der Waals surface area contributed by atoms with Crippen LogP contribution in [-0.2, 0) is 6.54 Å². The van der Waals surface area contributed by atoms with Gasteiger partial charge in [0.25, 0.3) is 5.91 Å². The summed E-state index contributed by atoms with van der Waals surface area (Å²) < 4.78 is 34.5. The van der Waals surface area contributed by atoms with E-state index in [0.717, 1.165) is 11.0 Å². The number of aromatic nitrogens is 1. The molecule has 0 radical (unpaired) electrons. The highest BCUT2D eigenvalue weighted by Crippen LogP contribution is 2.25. The molecule has 5 aromatic rings. The van der Waals surface area contributed by atoms with Crippen LogP contribution in [0.25, 0.3) is 21.9 Å². The third-order valence-electron chi connectivity index (χ3n) is 5.04. The van der Waals surface area contributed by atoms with Gasteiger partial charge in [-0.05, 0) is 66.2 Å². The topological polar surface area (TPSA) is 47.2 Å². The molecule has 0 bridgehead atoms. The predicted octanol–water partition coefficient (Wildman–Crippen LogP) is 5.97. The number of fused-ring (bicyclic) bond motifs is 2. The minimum Gasteiger partial charge on any atom is -0.464 e. The van der Waals surface area contributed by atoms with E-state index in [1.54, 1.807) is 47.2 Å². The van der Waals surface area contributed by atoms with Crippen molar-refractivity contribution >= 4 is 33.5 Å². The number of anilines is 1. The maximum absolute atomic E-state index is 13.8. The van der Waals surface area contributed by atoms with Gasteiger partial charge < -0.3 is 14.3 Å². The summed E-state index contributed by atoms with van der Waals surface area (Å²) in [6.07, 6.45) is 1.58. The molecule has 2 heterocycles. The van der Waals surface area contributed by atoms with Crippen LogP contribution in [0, 0.1) is 11.6 Å². The molecule has 1 amide bonds. The lowest BCUT2D eigenvalue weighted by Gasteiger charge is -2.12. The van der Waals surface area contributed by atoms with Crippen LogP contribution in [0.5, 0.6) is 0 Å². The Kier molecular flexibility index (Phi) is 4.32. The Morgan fingerprint density at radius 2 is 1.77 bits per heavy atom. The molecule has 1 N–H and O–H groups in total. The van der Waals surface area contributed by atoms with Crippen molar-refractivity contribution in [1.82, 2.24) is 4.57 Å². The molecule has 5 rings (SSSR count). The summed E-state index contributed by atoms with van der Waals surface area (Å²) in [4.78, 5) is 13.1. The van der Waals surface area contributed by atoms with Gasteiger partial charge in [0.15, 0.2) is 0 Å². The van der Waals surface area contributed by atoms with E-state index in [-0.39, 0.29) is 24.1 Å². The van der Waals surface area contributed by atoms with Crippen LogP contribution in [0.4, 0.5) is 14.5 Å². The van der Waals surface area contributed by atoms with Crippen LogP contribution < -0.4 is 5.32 Å². The minimum absolute atomic E-state index is 0.274. The summed E-state index contributed by atoms with van der Waals surface area (Å²) in [5.74, 6) is -1.08. The second-order valence-electron chi connectivity index (χ2n) is 7.08. The standard InChI is InChI=1S/C24H16F2N2O2/c25-18-3-1-2-15(10-18)14-28-21-6-4-19(26)11-17(21)13-22(28)24(29)27-20-5-7-23-16(12-20)8-9-30-23/h1-13H,14H2,(H,27,29). The molecule has 148 valence electrons. The number of hydrogen-bond acceptors (Lipinski definition) is 2. The molecule has 0 aliphatic rings. The van der Waals surface area contributed by atoms with Crippen molar-refractivity contribution in [2.75, 3.05) is 5.32 Å². The molecule has 0 spiro atoms.